The molecule has 0 aliphatic rings. The third-order valence-corrected chi connectivity index (χ3v) is 5.52. The van der Waals surface area contributed by atoms with Crippen LogP contribution in [0, 0.1) is 27.7 Å². The van der Waals surface area contributed by atoms with Gasteiger partial charge >= 0.3 is 6.03 Å². The van der Waals surface area contributed by atoms with Crippen LogP contribution in [-0.2, 0) is 13.1 Å². The largest absolute Gasteiger partial charge is 0.331 e. The zero-order valence-electron chi connectivity index (χ0n) is 18.6. The number of urea groups is 1. The molecular weight excluding hydrogens is 404 g/mol. The highest BCUT2D eigenvalue weighted by atomic mass is 16.2. The minimum atomic E-state index is -0.325. The van der Waals surface area contributed by atoms with Crippen molar-refractivity contribution in [2.45, 2.75) is 40.8 Å². The summed E-state index contributed by atoms with van der Waals surface area (Å²) in [4.78, 5) is 20.9. The first kappa shape index (κ1) is 21.2. The summed E-state index contributed by atoms with van der Waals surface area (Å²) in [7, 11) is 0. The van der Waals surface area contributed by atoms with E-state index in [-0.39, 0.29) is 19.1 Å². The lowest BCUT2D eigenvalue weighted by Crippen LogP contribution is -2.36. The van der Waals surface area contributed by atoms with Crippen molar-refractivity contribution in [3.05, 3.63) is 83.0 Å². The summed E-state index contributed by atoms with van der Waals surface area (Å²) in [6.07, 6.45) is 2.96. The monoisotopic (exact) mass is 430 g/mol. The van der Waals surface area contributed by atoms with Crippen molar-refractivity contribution in [3.63, 3.8) is 0 Å². The maximum absolute atomic E-state index is 12.4. The van der Waals surface area contributed by atoms with E-state index in [1.807, 2.05) is 36.4 Å². The van der Waals surface area contributed by atoms with Crippen LogP contribution in [0.1, 0.15) is 33.9 Å². The molecule has 2 heterocycles. The number of hydrogen-bond acceptors (Lipinski definition) is 5. The summed E-state index contributed by atoms with van der Waals surface area (Å²) in [5.41, 5.74) is 6.57. The molecule has 2 N–H and O–H groups in total. The summed E-state index contributed by atoms with van der Waals surface area (Å²) >= 11 is 0. The van der Waals surface area contributed by atoms with Crippen molar-refractivity contribution in [3.8, 4) is 11.4 Å². The van der Waals surface area contributed by atoms with E-state index >= 15 is 0 Å². The first-order valence-corrected chi connectivity index (χ1v) is 10.4. The van der Waals surface area contributed by atoms with Gasteiger partial charge in [0.1, 0.15) is 12.7 Å². The van der Waals surface area contributed by atoms with E-state index in [9.17, 15) is 4.79 Å². The van der Waals surface area contributed by atoms with Crippen molar-refractivity contribution in [2.75, 3.05) is 0 Å². The van der Waals surface area contributed by atoms with Crippen LogP contribution in [0.2, 0.25) is 0 Å². The third kappa shape index (κ3) is 4.51. The minimum absolute atomic E-state index is 0.239. The first-order chi connectivity index (χ1) is 15.4. The molecule has 32 heavy (non-hydrogen) atoms. The van der Waals surface area contributed by atoms with Gasteiger partial charge in [-0.3, -0.25) is 0 Å². The van der Waals surface area contributed by atoms with Crippen LogP contribution in [0.25, 0.3) is 11.4 Å². The molecule has 0 spiro atoms. The second-order valence-electron chi connectivity index (χ2n) is 7.75. The van der Waals surface area contributed by atoms with Crippen LogP contribution < -0.4 is 10.6 Å². The number of carbonyl (C=O) groups is 1. The molecule has 0 aliphatic heterocycles. The summed E-state index contributed by atoms with van der Waals surface area (Å²) < 4.78 is 3.45. The van der Waals surface area contributed by atoms with Gasteiger partial charge in [-0.1, -0.05) is 12.1 Å². The Kier molecular flexibility index (Phi) is 5.98. The average Bonchev–Trinajstić information content (AvgIpc) is 3.44. The standard InChI is InChI=1S/C23H26N8O/c1-15-5-7-19(9-17(15)3)30-21(26-13-28-30)11-24-23(32)25-12-22-27-14-29-31(22)20-8-6-16(2)18(4)10-20/h5-10,13-14H,11-12H2,1-4H3,(H2,24,25,32). The normalized spacial score (nSPS) is 10.9. The number of benzene rings is 2. The van der Waals surface area contributed by atoms with Crippen LogP contribution in [-0.4, -0.2) is 35.6 Å². The lowest BCUT2D eigenvalue weighted by Gasteiger charge is -2.11. The molecule has 2 aromatic carbocycles. The fourth-order valence-corrected chi connectivity index (χ4v) is 3.30. The van der Waals surface area contributed by atoms with E-state index in [0.717, 1.165) is 11.4 Å². The zero-order chi connectivity index (χ0) is 22.7. The van der Waals surface area contributed by atoms with Gasteiger partial charge in [-0.05, 0) is 74.2 Å². The Morgan fingerprint density at radius 1 is 0.719 bits per heavy atom. The van der Waals surface area contributed by atoms with Crippen molar-refractivity contribution >= 4 is 6.03 Å². The molecule has 0 saturated carbocycles. The molecule has 0 atom stereocenters. The molecule has 4 aromatic rings. The second-order valence-corrected chi connectivity index (χ2v) is 7.75. The molecule has 0 radical (unpaired) electrons. The van der Waals surface area contributed by atoms with Gasteiger partial charge in [0.25, 0.3) is 0 Å². The number of hydrogen-bond donors (Lipinski definition) is 2. The Morgan fingerprint density at radius 2 is 1.16 bits per heavy atom. The van der Waals surface area contributed by atoms with E-state index in [0.29, 0.717) is 11.6 Å². The highest BCUT2D eigenvalue weighted by molar-refractivity contribution is 5.73. The molecule has 0 fully saturated rings. The fourth-order valence-electron chi connectivity index (χ4n) is 3.30. The van der Waals surface area contributed by atoms with E-state index in [4.69, 9.17) is 0 Å². The number of carbonyl (C=O) groups excluding carboxylic acids is 1. The van der Waals surface area contributed by atoms with Crippen LogP contribution in [0.5, 0.6) is 0 Å². The first-order valence-electron chi connectivity index (χ1n) is 10.4. The highest BCUT2D eigenvalue weighted by Crippen LogP contribution is 2.15. The van der Waals surface area contributed by atoms with Gasteiger partial charge in [0.05, 0.1) is 24.5 Å². The van der Waals surface area contributed by atoms with Crippen molar-refractivity contribution < 1.29 is 4.79 Å². The molecule has 0 bridgehead atoms. The third-order valence-electron chi connectivity index (χ3n) is 5.52. The number of nitrogens with one attached hydrogen (secondary N) is 2. The molecular formula is C23H26N8O. The number of amides is 2. The SMILES string of the molecule is Cc1ccc(-n2ncnc2CNC(=O)NCc2ncnn2-c2ccc(C)c(C)c2)cc1C. The Hall–Kier alpha value is -4.01. The number of aromatic nitrogens is 6. The molecule has 9 heteroatoms. The predicted molar refractivity (Wildman–Crippen MR) is 121 cm³/mol. The second kappa shape index (κ2) is 9.01. The summed E-state index contributed by atoms with van der Waals surface area (Å²) in [5, 5.41) is 14.2. The van der Waals surface area contributed by atoms with Crippen molar-refractivity contribution in [2.24, 2.45) is 0 Å². The van der Waals surface area contributed by atoms with Crippen LogP contribution in [0.4, 0.5) is 4.79 Å². The smallest absolute Gasteiger partial charge is 0.315 e. The summed E-state index contributed by atoms with van der Waals surface area (Å²) in [5.74, 6) is 1.28. The van der Waals surface area contributed by atoms with Gasteiger partial charge in [0, 0.05) is 0 Å². The van der Waals surface area contributed by atoms with Gasteiger partial charge in [-0.25, -0.2) is 24.1 Å². The van der Waals surface area contributed by atoms with Gasteiger partial charge in [-0.15, -0.1) is 0 Å². The molecule has 2 aromatic heterocycles. The van der Waals surface area contributed by atoms with Crippen LogP contribution in [0.15, 0.2) is 49.1 Å². The molecule has 4 rings (SSSR count). The topological polar surface area (TPSA) is 103 Å². The van der Waals surface area contributed by atoms with Gasteiger partial charge in [0.15, 0.2) is 11.6 Å². The summed E-state index contributed by atoms with van der Waals surface area (Å²) in [6.45, 7) is 8.71. The van der Waals surface area contributed by atoms with Gasteiger partial charge in [0.2, 0.25) is 0 Å². The average molecular weight is 431 g/mol. The minimum Gasteiger partial charge on any atom is -0.331 e. The Morgan fingerprint density at radius 3 is 1.56 bits per heavy atom. The maximum atomic E-state index is 12.4. The Bertz CT molecular complexity index is 1160. The number of rotatable bonds is 6. The van der Waals surface area contributed by atoms with E-state index in [1.165, 1.54) is 34.9 Å². The van der Waals surface area contributed by atoms with E-state index < -0.39 is 0 Å². The fraction of sp³-hybridized carbons (Fsp3) is 0.261. The number of nitrogens with zero attached hydrogens (tertiary/aromatic N) is 6. The highest BCUT2D eigenvalue weighted by Gasteiger charge is 2.12. The van der Waals surface area contributed by atoms with Crippen LogP contribution in [0.3, 0.4) is 0 Å². The molecule has 164 valence electrons. The lowest BCUT2D eigenvalue weighted by atomic mass is 10.1. The van der Waals surface area contributed by atoms with Crippen molar-refractivity contribution in [1.29, 1.82) is 0 Å². The zero-order valence-corrected chi connectivity index (χ0v) is 18.6. The van der Waals surface area contributed by atoms with Gasteiger partial charge < -0.3 is 10.6 Å². The number of aryl methyl sites for hydroxylation is 4. The summed E-state index contributed by atoms with van der Waals surface area (Å²) in [6, 6.07) is 11.8. The van der Waals surface area contributed by atoms with E-state index in [1.54, 1.807) is 9.36 Å². The maximum Gasteiger partial charge on any atom is 0.315 e. The predicted octanol–water partition coefficient (Wildman–Crippen LogP) is 3.08. The van der Waals surface area contributed by atoms with Gasteiger partial charge in [-0.2, -0.15) is 10.2 Å². The lowest BCUT2D eigenvalue weighted by molar-refractivity contribution is 0.239. The molecule has 0 aliphatic carbocycles. The quantitative estimate of drug-likeness (QED) is 0.489. The molecule has 0 unspecified atom stereocenters. The Labute approximate surface area is 186 Å². The Balaban J connectivity index is 1.37. The van der Waals surface area contributed by atoms with Crippen LogP contribution >= 0.6 is 0 Å². The molecule has 0 saturated heterocycles. The molecule has 2 amide bonds. The molecule has 9 nitrogen and oxygen atoms in total. The van der Waals surface area contributed by atoms with Crippen molar-refractivity contribution in [1.82, 2.24) is 40.2 Å². The van der Waals surface area contributed by atoms with E-state index in [2.05, 4.69) is 58.5 Å².